The average Bonchev–Trinajstić information content (AvgIpc) is 2.72. The number of nitrogens with one attached hydrogen (secondary N) is 2. The van der Waals surface area contributed by atoms with Crippen molar-refractivity contribution in [1.82, 2.24) is 4.98 Å². The summed E-state index contributed by atoms with van der Waals surface area (Å²) in [6.07, 6.45) is 4.86. The minimum atomic E-state index is -1.12. The highest BCUT2D eigenvalue weighted by molar-refractivity contribution is 6.07. The molecule has 1 saturated carbocycles. The fraction of sp³-hybridized carbons (Fsp3) is 0.435. The van der Waals surface area contributed by atoms with Crippen LogP contribution >= 0.6 is 0 Å². The zero-order chi connectivity index (χ0) is 20.9. The molecule has 7 nitrogen and oxygen atoms in total. The van der Waals surface area contributed by atoms with Gasteiger partial charge in [0.2, 0.25) is 0 Å². The summed E-state index contributed by atoms with van der Waals surface area (Å²) in [5.41, 5.74) is 1.72. The molecule has 1 aromatic carbocycles. The first-order chi connectivity index (χ1) is 14.6. The van der Waals surface area contributed by atoms with Gasteiger partial charge in [0.15, 0.2) is 5.69 Å². The number of carboxylic acids is 1. The Morgan fingerprint density at radius 2 is 1.93 bits per heavy atom. The summed E-state index contributed by atoms with van der Waals surface area (Å²) in [4.78, 5) is 16.1. The summed E-state index contributed by atoms with van der Waals surface area (Å²) in [6.45, 7) is 1.91. The summed E-state index contributed by atoms with van der Waals surface area (Å²) in [7, 11) is 0. The van der Waals surface area contributed by atoms with Gasteiger partial charge >= 0.3 is 5.97 Å². The largest absolute Gasteiger partial charge is 0.492 e. The number of ether oxygens (including phenoxy) is 2. The van der Waals surface area contributed by atoms with Crippen molar-refractivity contribution in [3.05, 3.63) is 47.7 Å². The summed E-state index contributed by atoms with van der Waals surface area (Å²) < 4.78 is 11.6. The third-order valence-electron chi connectivity index (χ3n) is 5.84. The lowest BCUT2D eigenvalue weighted by atomic mass is 9.79. The number of rotatable bonds is 8. The van der Waals surface area contributed by atoms with Gasteiger partial charge in [-0.15, -0.1) is 0 Å². The van der Waals surface area contributed by atoms with Crippen LogP contribution in [-0.4, -0.2) is 41.6 Å². The van der Waals surface area contributed by atoms with Crippen LogP contribution in [0, 0.1) is 17.2 Å². The van der Waals surface area contributed by atoms with Gasteiger partial charge in [-0.2, -0.15) is 0 Å². The Morgan fingerprint density at radius 1 is 1.20 bits per heavy atom. The molecule has 2 heterocycles. The standard InChI is InChI=1S/C23H27N3O4/c24-21(16-5-4-6-16)20-19(30-14-15-9-11-29-12-10-15)13-18(23(27)28)26-22(20)25-17-7-2-1-3-8-17/h1-3,7-8,13,15-16,24H,4-6,9-12,14H2,(H,25,26)(H,27,28). The quantitative estimate of drug-likeness (QED) is 0.555. The van der Waals surface area contributed by atoms with Crippen LogP contribution in [0.5, 0.6) is 5.75 Å². The molecule has 0 unspecified atom stereocenters. The zero-order valence-electron chi connectivity index (χ0n) is 16.9. The van der Waals surface area contributed by atoms with Gasteiger partial charge < -0.3 is 25.3 Å². The zero-order valence-corrected chi connectivity index (χ0v) is 16.9. The maximum Gasteiger partial charge on any atom is 0.354 e. The number of carboxylic acid groups (broad SMARTS) is 1. The normalized spacial score (nSPS) is 17.2. The van der Waals surface area contributed by atoms with E-state index in [-0.39, 0.29) is 11.6 Å². The van der Waals surface area contributed by atoms with Crippen molar-refractivity contribution in [3.8, 4) is 5.75 Å². The van der Waals surface area contributed by atoms with Crippen LogP contribution in [0.1, 0.15) is 48.2 Å². The van der Waals surface area contributed by atoms with Crippen LogP contribution < -0.4 is 10.1 Å². The van der Waals surface area contributed by atoms with Gasteiger partial charge in [-0.25, -0.2) is 9.78 Å². The topological polar surface area (TPSA) is 105 Å². The predicted molar refractivity (Wildman–Crippen MR) is 114 cm³/mol. The van der Waals surface area contributed by atoms with Gasteiger partial charge in [-0.1, -0.05) is 24.6 Å². The van der Waals surface area contributed by atoms with E-state index in [4.69, 9.17) is 14.9 Å². The van der Waals surface area contributed by atoms with Gasteiger partial charge in [-0.3, -0.25) is 0 Å². The number of anilines is 2. The molecule has 3 N–H and O–H groups in total. The highest BCUT2D eigenvalue weighted by atomic mass is 16.5. The van der Waals surface area contributed by atoms with E-state index in [2.05, 4.69) is 10.3 Å². The number of para-hydroxylation sites is 1. The van der Waals surface area contributed by atoms with Crippen LogP contribution in [0.2, 0.25) is 0 Å². The smallest absolute Gasteiger partial charge is 0.354 e. The van der Waals surface area contributed by atoms with Crippen molar-refractivity contribution in [2.24, 2.45) is 11.8 Å². The van der Waals surface area contributed by atoms with Crippen LogP contribution in [0.25, 0.3) is 0 Å². The van der Waals surface area contributed by atoms with Crippen LogP contribution in [0.3, 0.4) is 0 Å². The molecule has 4 rings (SSSR count). The van der Waals surface area contributed by atoms with E-state index in [1.165, 1.54) is 6.07 Å². The Hall–Kier alpha value is -2.93. The number of pyridine rings is 1. The highest BCUT2D eigenvalue weighted by Crippen LogP contribution is 2.37. The van der Waals surface area contributed by atoms with Gasteiger partial charge in [0.1, 0.15) is 11.6 Å². The lowest BCUT2D eigenvalue weighted by Gasteiger charge is -2.29. The van der Waals surface area contributed by atoms with Crippen molar-refractivity contribution in [1.29, 1.82) is 5.41 Å². The molecular weight excluding hydrogens is 382 g/mol. The van der Waals surface area contributed by atoms with E-state index in [9.17, 15) is 9.90 Å². The van der Waals surface area contributed by atoms with Gasteiger partial charge in [0.05, 0.1) is 12.2 Å². The van der Waals surface area contributed by atoms with E-state index < -0.39 is 5.97 Å². The molecular formula is C23H27N3O4. The monoisotopic (exact) mass is 409 g/mol. The summed E-state index contributed by atoms with van der Waals surface area (Å²) >= 11 is 0. The predicted octanol–water partition coefficient (Wildman–Crippen LogP) is 4.50. The van der Waals surface area contributed by atoms with Crippen LogP contribution in [0.4, 0.5) is 11.5 Å². The van der Waals surface area contributed by atoms with Crippen LogP contribution in [0.15, 0.2) is 36.4 Å². The minimum absolute atomic E-state index is 0.0967. The fourth-order valence-corrected chi connectivity index (χ4v) is 3.78. The molecule has 1 aliphatic carbocycles. The first kappa shape index (κ1) is 20.3. The minimum Gasteiger partial charge on any atom is -0.492 e. The molecule has 0 spiro atoms. The van der Waals surface area contributed by atoms with E-state index in [0.717, 1.165) is 51.0 Å². The van der Waals surface area contributed by atoms with Crippen LogP contribution in [-0.2, 0) is 4.74 Å². The van der Waals surface area contributed by atoms with E-state index >= 15 is 0 Å². The summed E-state index contributed by atoms with van der Waals surface area (Å²) in [5.74, 6) is 0.175. The second kappa shape index (κ2) is 9.26. The van der Waals surface area contributed by atoms with Crippen molar-refractivity contribution in [2.45, 2.75) is 32.1 Å². The number of nitrogens with zero attached hydrogens (tertiary/aromatic N) is 1. The van der Waals surface area contributed by atoms with Crippen molar-refractivity contribution in [3.63, 3.8) is 0 Å². The third-order valence-corrected chi connectivity index (χ3v) is 5.84. The number of benzene rings is 1. The molecule has 1 aliphatic heterocycles. The number of carbonyl (C=O) groups is 1. The molecule has 2 fully saturated rings. The second-order valence-electron chi connectivity index (χ2n) is 7.93. The van der Waals surface area contributed by atoms with Crippen molar-refractivity contribution < 1.29 is 19.4 Å². The molecule has 1 aromatic heterocycles. The average molecular weight is 409 g/mol. The van der Waals surface area contributed by atoms with Gasteiger partial charge in [-0.05, 0) is 43.7 Å². The first-order valence-corrected chi connectivity index (χ1v) is 10.5. The number of aromatic nitrogens is 1. The molecule has 1 saturated heterocycles. The third kappa shape index (κ3) is 4.62. The molecule has 158 valence electrons. The first-order valence-electron chi connectivity index (χ1n) is 10.5. The molecule has 0 atom stereocenters. The second-order valence-corrected chi connectivity index (χ2v) is 7.93. The molecule has 7 heteroatoms. The Kier molecular flexibility index (Phi) is 6.28. The Labute approximate surface area is 175 Å². The molecule has 2 aliphatic rings. The van der Waals surface area contributed by atoms with E-state index in [0.29, 0.717) is 35.4 Å². The lowest BCUT2D eigenvalue weighted by molar-refractivity contribution is 0.0497. The molecule has 30 heavy (non-hydrogen) atoms. The fourth-order valence-electron chi connectivity index (χ4n) is 3.78. The summed E-state index contributed by atoms with van der Waals surface area (Å²) in [5, 5.41) is 21.6. The Morgan fingerprint density at radius 3 is 2.57 bits per heavy atom. The number of hydrogen-bond acceptors (Lipinski definition) is 6. The summed E-state index contributed by atoms with van der Waals surface area (Å²) in [6, 6.07) is 10.9. The van der Waals surface area contributed by atoms with Gasteiger partial charge in [0.25, 0.3) is 0 Å². The molecule has 0 radical (unpaired) electrons. The SMILES string of the molecule is N=C(c1c(OCC2CCOCC2)cc(C(=O)O)nc1Nc1ccccc1)C1CCC1. The lowest BCUT2D eigenvalue weighted by Crippen LogP contribution is -2.26. The van der Waals surface area contributed by atoms with E-state index in [1.807, 2.05) is 30.3 Å². The van der Waals surface area contributed by atoms with Crippen molar-refractivity contribution >= 4 is 23.2 Å². The molecule has 2 aromatic rings. The number of aromatic carboxylic acids is 1. The number of hydrogen-bond donors (Lipinski definition) is 3. The molecule has 0 amide bonds. The molecule has 0 bridgehead atoms. The van der Waals surface area contributed by atoms with E-state index in [1.54, 1.807) is 0 Å². The maximum atomic E-state index is 11.7. The Bertz CT molecular complexity index is 906. The Balaban J connectivity index is 1.70. The highest BCUT2D eigenvalue weighted by Gasteiger charge is 2.30. The van der Waals surface area contributed by atoms with Gasteiger partial charge in [0, 0.05) is 36.6 Å². The maximum absolute atomic E-state index is 11.7. The van der Waals surface area contributed by atoms with Crippen molar-refractivity contribution in [2.75, 3.05) is 25.1 Å².